The van der Waals surface area contributed by atoms with Crippen LogP contribution in [0.1, 0.15) is 20.3 Å². The van der Waals surface area contributed by atoms with Crippen LogP contribution in [0.25, 0.3) is 0 Å². The molecule has 1 unspecified atom stereocenters. The fraction of sp³-hybridized carbons (Fsp3) is 0.467. The van der Waals surface area contributed by atoms with Crippen molar-refractivity contribution in [1.29, 1.82) is 0 Å². The highest BCUT2D eigenvalue weighted by Crippen LogP contribution is 2.28. The Balaban J connectivity index is 2.12. The number of amides is 3. The third-order valence-electron chi connectivity index (χ3n) is 3.66. The van der Waals surface area contributed by atoms with Crippen molar-refractivity contribution in [2.24, 2.45) is 0 Å². The van der Waals surface area contributed by atoms with Crippen LogP contribution in [-0.2, 0) is 4.79 Å². The Morgan fingerprint density at radius 3 is 2.68 bits per heavy atom. The smallest absolute Gasteiger partial charge is 0.318 e. The first-order chi connectivity index (χ1) is 10.5. The van der Waals surface area contributed by atoms with Gasteiger partial charge in [-0.15, -0.1) is 0 Å². The highest BCUT2D eigenvalue weighted by atomic mass is 35.5. The van der Waals surface area contributed by atoms with E-state index in [4.69, 9.17) is 23.2 Å². The summed E-state index contributed by atoms with van der Waals surface area (Å²) in [5.41, 5.74) is 0.694. The summed E-state index contributed by atoms with van der Waals surface area (Å²) >= 11 is 11.9. The summed E-state index contributed by atoms with van der Waals surface area (Å²) in [7, 11) is 0. The van der Waals surface area contributed by atoms with Gasteiger partial charge in [-0.25, -0.2) is 4.79 Å². The second-order valence-electron chi connectivity index (χ2n) is 5.19. The van der Waals surface area contributed by atoms with Crippen LogP contribution in [0.4, 0.5) is 10.5 Å². The van der Waals surface area contributed by atoms with Gasteiger partial charge in [-0.1, -0.05) is 30.1 Å². The molecule has 0 aliphatic carbocycles. The molecule has 1 saturated heterocycles. The van der Waals surface area contributed by atoms with Crippen LogP contribution in [0.5, 0.6) is 0 Å². The lowest BCUT2D eigenvalue weighted by molar-refractivity contribution is -0.124. The van der Waals surface area contributed by atoms with E-state index in [1.807, 2.05) is 6.92 Å². The minimum absolute atomic E-state index is 0.128. The maximum atomic E-state index is 12.5. The van der Waals surface area contributed by atoms with Crippen LogP contribution in [0.2, 0.25) is 10.0 Å². The van der Waals surface area contributed by atoms with E-state index in [1.54, 1.807) is 34.9 Å². The summed E-state index contributed by atoms with van der Waals surface area (Å²) in [6.07, 6.45) is 0.858. The molecule has 1 fully saturated rings. The molecule has 1 aromatic carbocycles. The van der Waals surface area contributed by atoms with Crippen molar-refractivity contribution in [3.8, 4) is 0 Å². The molecular formula is C15H19Cl2N3O2. The Hall–Kier alpha value is -1.46. The first kappa shape index (κ1) is 16.9. The van der Waals surface area contributed by atoms with E-state index >= 15 is 0 Å². The number of halogens is 2. The van der Waals surface area contributed by atoms with Gasteiger partial charge in [-0.05, 0) is 31.5 Å². The SMILES string of the molecule is CCCNC(=O)N1CCN(c2ccc(Cl)c(Cl)c2)C(=O)C1C. The van der Waals surface area contributed by atoms with E-state index < -0.39 is 6.04 Å². The van der Waals surface area contributed by atoms with Crippen LogP contribution < -0.4 is 10.2 Å². The van der Waals surface area contributed by atoms with Crippen LogP contribution in [0.15, 0.2) is 18.2 Å². The van der Waals surface area contributed by atoms with Crippen molar-refractivity contribution in [2.45, 2.75) is 26.3 Å². The minimum atomic E-state index is -0.514. The fourth-order valence-corrected chi connectivity index (χ4v) is 2.68. The molecule has 0 radical (unpaired) electrons. The van der Waals surface area contributed by atoms with Crippen LogP contribution in [-0.4, -0.2) is 42.5 Å². The Labute approximate surface area is 140 Å². The third kappa shape index (κ3) is 3.47. The van der Waals surface area contributed by atoms with Gasteiger partial charge in [0.1, 0.15) is 6.04 Å². The number of benzene rings is 1. The van der Waals surface area contributed by atoms with Crippen molar-refractivity contribution < 1.29 is 9.59 Å². The van der Waals surface area contributed by atoms with E-state index in [0.717, 1.165) is 6.42 Å². The molecule has 3 amide bonds. The molecule has 7 heteroatoms. The molecule has 1 aromatic rings. The Morgan fingerprint density at radius 2 is 2.05 bits per heavy atom. The highest BCUT2D eigenvalue weighted by Gasteiger charge is 2.34. The first-order valence-corrected chi connectivity index (χ1v) is 8.02. The van der Waals surface area contributed by atoms with E-state index in [0.29, 0.717) is 35.4 Å². The van der Waals surface area contributed by atoms with Crippen LogP contribution in [0.3, 0.4) is 0 Å². The molecule has 0 spiro atoms. The molecule has 1 aliphatic heterocycles. The summed E-state index contributed by atoms with van der Waals surface area (Å²) in [6.45, 7) is 5.23. The van der Waals surface area contributed by atoms with Crippen molar-refractivity contribution >= 4 is 40.8 Å². The largest absolute Gasteiger partial charge is 0.338 e. The molecule has 5 nitrogen and oxygen atoms in total. The van der Waals surface area contributed by atoms with Gasteiger partial charge >= 0.3 is 6.03 Å². The second-order valence-corrected chi connectivity index (χ2v) is 6.00. The zero-order valence-corrected chi connectivity index (χ0v) is 14.1. The molecule has 2 rings (SSSR count). The average molecular weight is 344 g/mol. The molecule has 1 aliphatic rings. The Kier molecular flexibility index (Phi) is 5.53. The number of urea groups is 1. The lowest BCUT2D eigenvalue weighted by Crippen LogP contribution is -2.59. The monoisotopic (exact) mass is 343 g/mol. The van der Waals surface area contributed by atoms with Gasteiger partial charge < -0.3 is 15.1 Å². The zero-order valence-electron chi connectivity index (χ0n) is 12.6. The number of carbonyl (C=O) groups excluding carboxylic acids is 2. The van der Waals surface area contributed by atoms with Crippen molar-refractivity contribution in [1.82, 2.24) is 10.2 Å². The van der Waals surface area contributed by atoms with Crippen molar-refractivity contribution in [2.75, 3.05) is 24.5 Å². The van der Waals surface area contributed by atoms with E-state index in [1.165, 1.54) is 0 Å². The van der Waals surface area contributed by atoms with E-state index in [2.05, 4.69) is 5.32 Å². The van der Waals surface area contributed by atoms with Crippen LogP contribution >= 0.6 is 23.2 Å². The summed E-state index contributed by atoms with van der Waals surface area (Å²) in [5, 5.41) is 3.65. The quantitative estimate of drug-likeness (QED) is 0.916. The molecule has 1 atom stereocenters. The second kappa shape index (κ2) is 7.20. The summed E-state index contributed by atoms with van der Waals surface area (Å²) in [5.74, 6) is -0.128. The van der Waals surface area contributed by atoms with Gasteiger partial charge in [0.25, 0.3) is 0 Å². The predicted octanol–water partition coefficient (Wildman–Crippen LogP) is 3.15. The number of hydrogen-bond donors (Lipinski definition) is 1. The van der Waals surface area contributed by atoms with Gasteiger partial charge in [0.05, 0.1) is 10.0 Å². The Morgan fingerprint density at radius 1 is 1.32 bits per heavy atom. The van der Waals surface area contributed by atoms with Gasteiger partial charge in [0.15, 0.2) is 0 Å². The van der Waals surface area contributed by atoms with E-state index in [9.17, 15) is 9.59 Å². The number of rotatable bonds is 3. The predicted molar refractivity (Wildman–Crippen MR) is 88.7 cm³/mol. The molecule has 0 aromatic heterocycles. The van der Waals surface area contributed by atoms with Gasteiger partial charge in [0, 0.05) is 25.3 Å². The van der Waals surface area contributed by atoms with Crippen LogP contribution in [0, 0.1) is 0 Å². The Bertz CT molecular complexity index is 580. The van der Waals surface area contributed by atoms with Crippen molar-refractivity contribution in [3.05, 3.63) is 28.2 Å². The maximum absolute atomic E-state index is 12.5. The number of nitrogens with one attached hydrogen (secondary N) is 1. The maximum Gasteiger partial charge on any atom is 0.318 e. The third-order valence-corrected chi connectivity index (χ3v) is 4.40. The number of piperazine rings is 1. The molecular weight excluding hydrogens is 325 g/mol. The molecule has 1 N–H and O–H groups in total. The summed E-state index contributed by atoms with van der Waals surface area (Å²) < 4.78 is 0. The number of anilines is 1. The van der Waals surface area contributed by atoms with Crippen molar-refractivity contribution in [3.63, 3.8) is 0 Å². The number of hydrogen-bond acceptors (Lipinski definition) is 2. The summed E-state index contributed by atoms with van der Waals surface area (Å²) in [4.78, 5) is 27.8. The van der Waals surface area contributed by atoms with Gasteiger partial charge in [-0.2, -0.15) is 0 Å². The normalized spacial score (nSPS) is 18.5. The molecule has 120 valence electrons. The highest BCUT2D eigenvalue weighted by molar-refractivity contribution is 6.42. The zero-order chi connectivity index (χ0) is 16.3. The van der Waals surface area contributed by atoms with Gasteiger partial charge in [-0.3, -0.25) is 4.79 Å². The fourth-order valence-electron chi connectivity index (χ4n) is 2.39. The first-order valence-electron chi connectivity index (χ1n) is 7.26. The minimum Gasteiger partial charge on any atom is -0.338 e. The topological polar surface area (TPSA) is 52.7 Å². The number of nitrogens with zero attached hydrogens (tertiary/aromatic N) is 2. The van der Waals surface area contributed by atoms with E-state index in [-0.39, 0.29) is 11.9 Å². The number of carbonyl (C=O) groups is 2. The summed E-state index contributed by atoms with van der Waals surface area (Å²) in [6, 6.07) is 4.38. The average Bonchev–Trinajstić information content (AvgIpc) is 2.50. The molecule has 0 saturated carbocycles. The molecule has 1 heterocycles. The lowest BCUT2D eigenvalue weighted by Gasteiger charge is -2.39. The standard InChI is InChI=1S/C15H19Cl2N3O2/c1-3-6-18-15(22)19-7-8-20(14(21)10(19)2)11-4-5-12(16)13(17)9-11/h4-5,9-10H,3,6-8H2,1-2H3,(H,18,22). The molecule has 22 heavy (non-hydrogen) atoms. The molecule has 0 bridgehead atoms. The van der Waals surface area contributed by atoms with Gasteiger partial charge in [0.2, 0.25) is 5.91 Å². The lowest BCUT2D eigenvalue weighted by atomic mass is 10.1.